The maximum absolute atomic E-state index is 11.6. The van der Waals surface area contributed by atoms with Crippen molar-refractivity contribution in [2.75, 3.05) is 19.0 Å². The lowest BCUT2D eigenvalue weighted by atomic mass is 10.1. The van der Waals surface area contributed by atoms with Gasteiger partial charge in [0.1, 0.15) is 5.75 Å². The van der Waals surface area contributed by atoms with Crippen LogP contribution < -0.4 is 15.8 Å². The second kappa shape index (κ2) is 8.57. The number of rotatable bonds is 6. The van der Waals surface area contributed by atoms with Gasteiger partial charge in [0.15, 0.2) is 5.96 Å². The Labute approximate surface area is 141 Å². The number of methoxy groups -OCH3 is 1. The van der Waals surface area contributed by atoms with Crippen LogP contribution in [0.2, 0.25) is 0 Å². The molecule has 0 unspecified atom stereocenters. The molecule has 2 rings (SSSR count). The Balaban J connectivity index is 1.95. The van der Waals surface area contributed by atoms with E-state index in [1.807, 2.05) is 36.4 Å². The summed E-state index contributed by atoms with van der Waals surface area (Å²) >= 11 is 0. The van der Waals surface area contributed by atoms with E-state index in [9.17, 15) is 4.79 Å². The molecule has 0 aromatic heterocycles. The van der Waals surface area contributed by atoms with Crippen LogP contribution in [0.15, 0.2) is 53.5 Å². The molecule has 126 valence electrons. The summed E-state index contributed by atoms with van der Waals surface area (Å²) < 4.78 is 10.1. The molecule has 0 aliphatic heterocycles. The topological polar surface area (TPSA) is 85.9 Å². The van der Waals surface area contributed by atoms with Crippen LogP contribution in [0.4, 0.5) is 5.69 Å². The van der Waals surface area contributed by atoms with Gasteiger partial charge in [-0.2, -0.15) is 0 Å². The van der Waals surface area contributed by atoms with Crippen molar-refractivity contribution < 1.29 is 14.3 Å². The molecule has 0 radical (unpaired) electrons. The van der Waals surface area contributed by atoms with E-state index in [1.54, 1.807) is 26.2 Å². The van der Waals surface area contributed by atoms with Gasteiger partial charge in [-0.1, -0.05) is 18.2 Å². The quantitative estimate of drug-likeness (QED) is 0.484. The number of carbonyl (C=O) groups is 1. The number of hydrogen-bond acceptors (Lipinski definition) is 4. The fraction of sp³-hybridized carbons (Fsp3) is 0.222. The number of nitrogens with zero attached hydrogens (tertiary/aromatic N) is 1. The number of ether oxygens (including phenoxy) is 2. The Morgan fingerprint density at radius 2 is 1.96 bits per heavy atom. The van der Waals surface area contributed by atoms with Gasteiger partial charge in [-0.05, 0) is 36.8 Å². The summed E-state index contributed by atoms with van der Waals surface area (Å²) in [5.74, 6) is 0.715. The van der Waals surface area contributed by atoms with E-state index in [0.717, 1.165) is 17.0 Å². The molecular weight excluding hydrogens is 306 g/mol. The minimum Gasteiger partial charge on any atom is -0.497 e. The summed E-state index contributed by atoms with van der Waals surface area (Å²) in [5, 5.41) is 3.01. The Morgan fingerprint density at radius 1 is 1.21 bits per heavy atom. The molecule has 0 spiro atoms. The fourth-order valence-electron chi connectivity index (χ4n) is 2.03. The highest BCUT2D eigenvalue weighted by Crippen LogP contribution is 2.16. The molecule has 0 bridgehead atoms. The first-order valence-electron chi connectivity index (χ1n) is 7.59. The smallest absolute Gasteiger partial charge is 0.338 e. The summed E-state index contributed by atoms with van der Waals surface area (Å²) in [7, 11) is 1.61. The van der Waals surface area contributed by atoms with Gasteiger partial charge >= 0.3 is 5.97 Å². The summed E-state index contributed by atoms with van der Waals surface area (Å²) in [6, 6.07) is 14.5. The molecule has 6 nitrogen and oxygen atoms in total. The first kappa shape index (κ1) is 17.3. The van der Waals surface area contributed by atoms with E-state index >= 15 is 0 Å². The van der Waals surface area contributed by atoms with Gasteiger partial charge in [-0.25, -0.2) is 9.79 Å². The predicted octanol–water partition coefficient (Wildman–Crippen LogP) is 2.80. The number of carbonyl (C=O) groups excluding carboxylic acids is 1. The zero-order valence-electron chi connectivity index (χ0n) is 13.8. The molecule has 3 N–H and O–H groups in total. The average Bonchev–Trinajstić information content (AvgIpc) is 2.61. The van der Waals surface area contributed by atoms with Crippen molar-refractivity contribution in [2.45, 2.75) is 13.5 Å². The highest BCUT2D eigenvalue weighted by molar-refractivity contribution is 5.92. The van der Waals surface area contributed by atoms with E-state index in [4.69, 9.17) is 15.2 Å². The van der Waals surface area contributed by atoms with Crippen molar-refractivity contribution >= 4 is 17.6 Å². The molecule has 0 aliphatic rings. The standard InChI is InChI=1S/C18H21N3O3/c1-3-24-17(22)14-9-7-13(8-10-14)12-20-18(19)21-15-5-4-6-16(11-15)23-2/h4-11H,3,12H2,1-2H3,(H3,19,20,21). The van der Waals surface area contributed by atoms with Crippen LogP contribution in [0, 0.1) is 0 Å². The van der Waals surface area contributed by atoms with Gasteiger partial charge in [-0.15, -0.1) is 0 Å². The van der Waals surface area contributed by atoms with Crippen molar-refractivity contribution in [3.8, 4) is 5.75 Å². The molecular formula is C18H21N3O3. The maximum atomic E-state index is 11.6. The number of guanidine groups is 1. The number of anilines is 1. The third kappa shape index (κ3) is 5.01. The summed E-state index contributed by atoms with van der Waals surface area (Å²) in [5.41, 5.74) is 8.15. The Kier molecular flexibility index (Phi) is 6.19. The molecule has 6 heteroatoms. The van der Waals surface area contributed by atoms with E-state index in [-0.39, 0.29) is 5.97 Å². The van der Waals surface area contributed by atoms with Gasteiger partial charge in [0.2, 0.25) is 0 Å². The lowest BCUT2D eigenvalue weighted by Crippen LogP contribution is -2.22. The number of benzene rings is 2. The van der Waals surface area contributed by atoms with Crippen LogP contribution in [0.5, 0.6) is 5.75 Å². The number of nitrogens with one attached hydrogen (secondary N) is 1. The van der Waals surface area contributed by atoms with Crippen LogP contribution in [-0.2, 0) is 11.3 Å². The van der Waals surface area contributed by atoms with Crippen molar-refractivity contribution in [3.05, 3.63) is 59.7 Å². The van der Waals surface area contributed by atoms with E-state index in [2.05, 4.69) is 10.3 Å². The number of aliphatic imine (C=N–C) groups is 1. The Bertz CT molecular complexity index is 712. The van der Waals surface area contributed by atoms with Gasteiger partial charge in [-0.3, -0.25) is 0 Å². The number of nitrogens with two attached hydrogens (primary N) is 1. The van der Waals surface area contributed by atoms with Crippen LogP contribution in [0.25, 0.3) is 0 Å². The minimum absolute atomic E-state index is 0.303. The molecule has 0 fully saturated rings. The molecule has 0 heterocycles. The van der Waals surface area contributed by atoms with Gasteiger partial charge < -0.3 is 20.5 Å². The van der Waals surface area contributed by atoms with Gasteiger partial charge in [0, 0.05) is 11.8 Å². The summed E-state index contributed by atoms with van der Waals surface area (Å²) in [4.78, 5) is 15.9. The molecule has 0 saturated carbocycles. The first-order valence-corrected chi connectivity index (χ1v) is 7.59. The normalized spacial score (nSPS) is 11.0. The fourth-order valence-corrected chi connectivity index (χ4v) is 2.03. The number of esters is 1. The van der Waals surface area contributed by atoms with Crippen LogP contribution in [-0.4, -0.2) is 25.6 Å². The van der Waals surface area contributed by atoms with Crippen molar-refractivity contribution in [3.63, 3.8) is 0 Å². The SMILES string of the molecule is CCOC(=O)c1ccc(CN=C(N)Nc2cccc(OC)c2)cc1. The Hall–Kier alpha value is -3.02. The van der Waals surface area contributed by atoms with Crippen LogP contribution >= 0.6 is 0 Å². The highest BCUT2D eigenvalue weighted by atomic mass is 16.5. The largest absolute Gasteiger partial charge is 0.497 e. The monoisotopic (exact) mass is 327 g/mol. The number of hydrogen-bond donors (Lipinski definition) is 2. The van der Waals surface area contributed by atoms with Crippen molar-refractivity contribution in [2.24, 2.45) is 10.7 Å². The van der Waals surface area contributed by atoms with E-state index < -0.39 is 0 Å². The second-order valence-corrected chi connectivity index (χ2v) is 4.98. The predicted molar refractivity (Wildman–Crippen MR) is 94.3 cm³/mol. The Morgan fingerprint density at radius 3 is 2.62 bits per heavy atom. The van der Waals surface area contributed by atoms with E-state index in [1.165, 1.54) is 0 Å². The average molecular weight is 327 g/mol. The first-order chi connectivity index (χ1) is 11.6. The summed E-state index contributed by atoms with van der Waals surface area (Å²) in [6.45, 7) is 2.54. The van der Waals surface area contributed by atoms with Gasteiger partial charge in [0.05, 0.1) is 25.8 Å². The third-order valence-electron chi connectivity index (χ3n) is 3.24. The summed E-state index contributed by atoms with van der Waals surface area (Å²) in [6.07, 6.45) is 0. The minimum atomic E-state index is -0.327. The molecule has 0 saturated heterocycles. The van der Waals surface area contributed by atoms with Crippen LogP contribution in [0.3, 0.4) is 0 Å². The molecule has 0 aliphatic carbocycles. The lowest BCUT2D eigenvalue weighted by molar-refractivity contribution is 0.0526. The van der Waals surface area contributed by atoms with Crippen molar-refractivity contribution in [1.29, 1.82) is 0 Å². The third-order valence-corrected chi connectivity index (χ3v) is 3.24. The van der Waals surface area contributed by atoms with Crippen molar-refractivity contribution in [1.82, 2.24) is 0 Å². The maximum Gasteiger partial charge on any atom is 0.338 e. The lowest BCUT2D eigenvalue weighted by Gasteiger charge is -2.07. The van der Waals surface area contributed by atoms with E-state index in [0.29, 0.717) is 24.7 Å². The zero-order chi connectivity index (χ0) is 17.4. The molecule has 0 atom stereocenters. The molecule has 2 aromatic carbocycles. The molecule has 24 heavy (non-hydrogen) atoms. The highest BCUT2D eigenvalue weighted by Gasteiger charge is 2.05. The van der Waals surface area contributed by atoms with Crippen LogP contribution in [0.1, 0.15) is 22.8 Å². The zero-order valence-corrected chi connectivity index (χ0v) is 13.8. The van der Waals surface area contributed by atoms with Gasteiger partial charge in [0.25, 0.3) is 0 Å². The second-order valence-electron chi connectivity index (χ2n) is 4.98. The molecule has 0 amide bonds. The molecule has 2 aromatic rings.